The molecule has 0 aliphatic rings. The molecule has 0 fully saturated rings. The summed E-state index contributed by atoms with van der Waals surface area (Å²) in [4.78, 5) is 71.5. The third kappa shape index (κ3) is 51.5. The van der Waals surface area contributed by atoms with Crippen LogP contribution in [0.1, 0.15) is 279 Å². The van der Waals surface area contributed by atoms with Gasteiger partial charge in [0.1, 0.15) is 19.3 Å². The molecule has 0 aromatic rings. The number of hydrogen-bond acceptors (Lipinski definition) is 15. The topological polar surface area (TPSA) is 237 Å². The molecule has 5 atom stereocenters. The minimum Gasteiger partial charge on any atom is -0.462 e. The normalized spacial score (nSPS) is 14.4. The van der Waals surface area contributed by atoms with E-state index < -0.39 is 97.5 Å². The summed E-state index contributed by atoms with van der Waals surface area (Å²) in [6.45, 7) is 6.95. The molecule has 0 aromatic heterocycles. The van der Waals surface area contributed by atoms with Gasteiger partial charge < -0.3 is 33.8 Å². The van der Waals surface area contributed by atoms with Gasteiger partial charge in [-0.3, -0.25) is 37.3 Å². The van der Waals surface area contributed by atoms with Gasteiger partial charge in [0.2, 0.25) is 0 Å². The Labute approximate surface area is 460 Å². The van der Waals surface area contributed by atoms with Crippen molar-refractivity contribution in [3.05, 3.63) is 0 Å². The lowest BCUT2D eigenvalue weighted by molar-refractivity contribution is -0.161. The number of esters is 4. The number of carbonyl (C=O) groups excluding carboxylic acids is 4. The molecule has 450 valence electrons. The number of phosphoric ester groups is 2. The number of hydrogen-bond donors (Lipinski definition) is 3. The molecule has 0 spiro atoms. The van der Waals surface area contributed by atoms with E-state index >= 15 is 0 Å². The second-order valence-corrected chi connectivity index (χ2v) is 24.1. The van der Waals surface area contributed by atoms with E-state index in [-0.39, 0.29) is 25.7 Å². The van der Waals surface area contributed by atoms with Crippen molar-refractivity contribution in [3.63, 3.8) is 0 Å². The van der Waals surface area contributed by atoms with E-state index in [9.17, 15) is 43.2 Å². The van der Waals surface area contributed by atoms with Crippen molar-refractivity contribution in [3.8, 4) is 0 Å². The quantitative estimate of drug-likeness (QED) is 0.0222. The maximum atomic E-state index is 12.9. The van der Waals surface area contributed by atoms with E-state index in [4.69, 9.17) is 37.0 Å². The number of ether oxygens (including phenoxy) is 4. The van der Waals surface area contributed by atoms with E-state index in [2.05, 4.69) is 34.6 Å². The van der Waals surface area contributed by atoms with Crippen molar-refractivity contribution >= 4 is 39.5 Å². The Morgan fingerprint density at radius 3 is 0.895 bits per heavy atom. The molecular formula is C57H110O17P2. The maximum Gasteiger partial charge on any atom is 0.472 e. The minimum absolute atomic E-state index is 0.103. The van der Waals surface area contributed by atoms with Gasteiger partial charge in [0, 0.05) is 25.7 Å². The first kappa shape index (κ1) is 74.1. The molecule has 0 saturated heterocycles. The zero-order valence-electron chi connectivity index (χ0n) is 48.4. The predicted molar refractivity (Wildman–Crippen MR) is 298 cm³/mol. The predicted octanol–water partition coefficient (Wildman–Crippen LogP) is 15.1. The lowest BCUT2D eigenvalue weighted by Crippen LogP contribution is -2.30. The second kappa shape index (κ2) is 51.2. The fourth-order valence-electron chi connectivity index (χ4n) is 8.34. The molecule has 76 heavy (non-hydrogen) atoms. The number of carbonyl (C=O) groups is 4. The summed E-state index contributed by atoms with van der Waals surface area (Å²) in [5.74, 6) is -1.45. The lowest BCUT2D eigenvalue weighted by Gasteiger charge is -2.21. The van der Waals surface area contributed by atoms with Crippen LogP contribution in [0.2, 0.25) is 0 Å². The van der Waals surface area contributed by atoms with Crippen LogP contribution in [0.3, 0.4) is 0 Å². The average molecular weight is 1130 g/mol. The van der Waals surface area contributed by atoms with E-state index in [1.165, 1.54) is 77.0 Å². The molecule has 0 aromatic carbocycles. The van der Waals surface area contributed by atoms with Crippen molar-refractivity contribution < 1.29 is 80.2 Å². The summed E-state index contributed by atoms with van der Waals surface area (Å²) < 4.78 is 67.4. The number of unbranched alkanes of at least 4 members (excludes halogenated alkanes) is 29. The molecule has 3 N–H and O–H groups in total. The van der Waals surface area contributed by atoms with E-state index in [1.54, 1.807) is 0 Å². The fraction of sp³-hybridized carbons (Fsp3) is 0.930. The first-order valence-corrected chi connectivity index (χ1v) is 33.1. The van der Waals surface area contributed by atoms with Crippen molar-refractivity contribution in [2.24, 2.45) is 5.92 Å². The number of rotatable bonds is 57. The maximum absolute atomic E-state index is 12.9. The Morgan fingerprint density at radius 2 is 0.605 bits per heavy atom. The molecule has 0 bridgehead atoms. The molecule has 0 saturated carbocycles. The smallest absolute Gasteiger partial charge is 0.462 e. The molecule has 0 aliphatic carbocycles. The highest BCUT2D eigenvalue weighted by molar-refractivity contribution is 7.47. The first-order chi connectivity index (χ1) is 36.5. The molecule has 0 rings (SSSR count). The van der Waals surface area contributed by atoms with Gasteiger partial charge in [-0.15, -0.1) is 0 Å². The summed E-state index contributed by atoms with van der Waals surface area (Å²) >= 11 is 0. The van der Waals surface area contributed by atoms with E-state index in [0.717, 1.165) is 116 Å². The SMILES string of the molecule is CCCCCCCCCCCCCCCCC(=O)O[C@H](COC(=O)CCCCCCCCCC(C)C)COP(=O)(O)OC[C@@H](O)COP(=O)(O)OC[C@@H](COC(=O)CCCCCCC)OC(=O)CCCCCCCCC. The first-order valence-electron chi connectivity index (χ1n) is 30.1. The molecule has 19 heteroatoms. The molecule has 0 aliphatic heterocycles. The summed E-state index contributed by atoms with van der Waals surface area (Å²) in [6.07, 6.45) is 32.6. The third-order valence-corrected chi connectivity index (χ3v) is 14.9. The number of aliphatic hydroxyl groups is 1. The lowest BCUT2D eigenvalue weighted by atomic mass is 10.0. The van der Waals surface area contributed by atoms with Crippen LogP contribution in [-0.2, 0) is 65.4 Å². The summed E-state index contributed by atoms with van der Waals surface area (Å²) in [7, 11) is -9.86. The Hall–Kier alpha value is -1.94. The Bertz CT molecular complexity index is 1500. The van der Waals surface area contributed by atoms with Crippen molar-refractivity contribution in [1.29, 1.82) is 0 Å². The Kier molecular flexibility index (Phi) is 49.9. The Balaban J connectivity index is 5.16. The largest absolute Gasteiger partial charge is 0.472 e. The molecule has 0 amide bonds. The Morgan fingerprint density at radius 1 is 0.355 bits per heavy atom. The monoisotopic (exact) mass is 1130 g/mol. The van der Waals surface area contributed by atoms with Crippen LogP contribution >= 0.6 is 15.6 Å². The summed E-state index contributed by atoms with van der Waals surface area (Å²) in [5, 5.41) is 10.5. The standard InChI is InChI=1S/C57H110O17P2/c1-6-9-12-15-17-18-19-20-21-22-23-27-33-38-43-57(62)74-53(47-68-55(60)41-36-31-28-24-26-30-34-39-50(4)5)49-72-76(65,66)70-45-51(58)44-69-75(63,64)71-48-52(46-67-54(59)40-35-29-14-11-8-3)73-56(61)42-37-32-25-16-13-10-7-2/h50-53,58H,6-49H2,1-5H3,(H,63,64)(H,65,66)/t51-,52+,53+/m0/s1. The highest BCUT2D eigenvalue weighted by atomic mass is 31.2. The van der Waals surface area contributed by atoms with Gasteiger partial charge in [-0.1, -0.05) is 227 Å². The zero-order chi connectivity index (χ0) is 56.4. The highest BCUT2D eigenvalue weighted by Crippen LogP contribution is 2.45. The fourth-order valence-corrected chi connectivity index (χ4v) is 9.92. The summed E-state index contributed by atoms with van der Waals surface area (Å²) in [6, 6.07) is 0. The van der Waals surface area contributed by atoms with Crippen LogP contribution in [-0.4, -0.2) is 96.7 Å². The highest BCUT2D eigenvalue weighted by Gasteiger charge is 2.30. The average Bonchev–Trinajstić information content (AvgIpc) is 3.38. The van der Waals surface area contributed by atoms with E-state index in [0.29, 0.717) is 31.6 Å². The molecule has 0 radical (unpaired) electrons. The summed E-state index contributed by atoms with van der Waals surface area (Å²) in [5.41, 5.74) is 0. The van der Waals surface area contributed by atoms with Gasteiger partial charge in [-0.25, -0.2) is 9.13 Å². The van der Waals surface area contributed by atoms with Gasteiger partial charge in [-0.05, 0) is 31.6 Å². The van der Waals surface area contributed by atoms with Crippen molar-refractivity contribution in [2.75, 3.05) is 39.6 Å². The molecule has 17 nitrogen and oxygen atoms in total. The van der Waals surface area contributed by atoms with Gasteiger partial charge in [0.15, 0.2) is 12.2 Å². The van der Waals surface area contributed by atoms with Crippen LogP contribution in [0.15, 0.2) is 0 Å². The second-order valence-electron chi connectivity index (χ2n) is 21.2. The minimum atomic E-state index is -4.93. The van der Waals surface area contributed by atoms with E-state index in [1.807, 2.05) is 0 Å². The molecule has 2 unspecified atom stereocenters. The molecule has 0 heterocycles. The third-order valence-electron chi connectivity index (χ3n) is 13.0. The zero-order valence-corrected chi connectivity index (χ0v) is 50.2. The van der Waals surface area contributed by atoms with Gasteiger partial charge in [0.25, 0.3) is 0 Å². The molecular weight excluding hydrogens is 1020 g/mol. The van der Waals surface area contributed by atoms with Crippen LogP contribution in [0.5, 0.6) is 0 Å². The van der Waals surface area contributed by atoms with Crippen LogP contribution in [0, 0.1) is 5.92 Å². The number of aliphatic hydroxyl groups excluding tert-OH is 1. The van der Waals surface area contributed by atoms with Crippen LogP contribution < -0.4 is 0 Å². The van der Waals surface area contributed by atoms with Gasteiger partial charge >= 0.3 is 39.5 Å². The van der Waals surface area contributed by atoms with Crippen LogP contribution in [0.4, 0.5) is 0 Å². The van der Waals surface area contributed by atoms with Crippen molar-refractivity contribution in [1.82, 2.24) is 0 Å². The van der Waals surface area contributed by atoms with Gasteiger partial charge in [-0.2, -0.15) is 0 Å². The number of phosphoric acid groups is 2. The van der Waals surface area contributed by atoms with Gasteiger partial charge in [0.05, 0.1) is 26.4 Å². The van der Waals surface area contributed by atoms with Crippen LogP contribution in [0.25, 0.3) is 0 Å². The van der Waals surface area contributed by atoms with Crippen molar-refractivity contribution in [2.45, 2.75) is 297 Å².